The number of benzene rings is 1. The molecular formula is C14H20O. The van der Waals surface area contributed by atoms with Crippen LogP contribution in [0.15, 0.2) is 18.2 Å². The van der Waals surface area contributed by atoms with Gasteiger partial charge in [0, 0.05) is 13.2 Å². The van der Waals surface area contributed by atoms with Crippen LogP contribution in [0, 0.1) is 12.8 Å². The zero-order chi connectivity index (χ0) is 10.7. The lowest BCUT2D eigenvalue weighted by Crippen LogP contribution is -2.19. The van der Waals surface area contributed by atoms with Crippen LogP contribution in [0.5, 0.6) is 0 Å². The quantitative estimate of drug-likeness (QED) is 0.735. The number of fused-ring (bicyclic) bond motifs is 1. The molecule has 0 saturated heterocycles. The van der Waals surface area contributed by atoms with Crippen LogP contribution < -0.4 is 0 Å². The molecule has 1 atom stereocenters. The molecule has 2 rings (SSSR count). The average molecular weight is 204 g/mol. The third kappa shape index (κ3) is 2.60. The molecule has 0 radical (unpaired) electrons. The van der Waals surface area contributed by atoms with Crippen molar-refractivity contribution < 1.29 is 4.74 Å². The van der Waals surface area contributed by atoms with E-state index in [9.17, 15) is 0 Å². The van der Waals surface area contributed by atoms with Gasteiger partial charge in [-0.15, -0.1) is 0 Å². The first-order chi connectivity index (χ1) is 7.29. The minimum absolute atomic E-state index is 0.736. The van der Waals surface area contributed by atoms with Crippen molar-refractivity contribution in [2.24, 2.45) is 5.92 Å². The summed E-state index contributed by atoms with van der Waals surface area (Å²) < 4.78 is 5.51. The molecule has 1 aromatic rings. The molecule has 1 heteroatoms. The number of hydrogen-bond acceptors (Lipinski definition) is 1. The number of rotatable bonds is 3. The molecule has 0 N–H and O–H groups in total. The van der Waals surface area contributed by atoms with Gasteiger partial charge in [-0.2, -0.15) is 0 Å². The van der Waals surface area contributed by atoms with Gasteiger partial charge in [0.05, 0.1) is 0 Å². The lowest BCUT2D eigenvalue weighted by atomic mass is 9.84. The van der Waals surface area contributed by atoms with Gasteiger partial charge in [-0.25, -0.2) is 0 Å². The highest BCUT2D eigenvalue weighted by Gasteiger charge is 2.18. The molecule has 0 heterocycles. The lowest BCUT2D eigenvalue weighted by Gasteiger charge is -2.24. The van der Waals surface area contributed by atoms with E-state index in [0.29, 0.717) is 0 Å². The van der Waals surface area contributed by atoms with E-state index in [1.165, 1.54) is 30.4 Å². The van der Waals surface area contributed by atoms with Crippen LogP contribution >= 0.6 is 0 Å². The second-order valence-electron chi connectivity index (χ2n) is 4.54. The monoisotopic (exact) mass is 204 g/mol. The Bertz CT molecular complexity index is 330. The van der Waals surface area contributed by atoms with Crippen molar-refractivity contribution in [2.75, 3.05) is 13.2 Å². The van der Waals surface area contributed by atoms with Gasteiger partial charge in [0.1, 0.15) is 0 Å². The van der Waals surface area contributed by atoms with E-state index in [1.54, 1.807) is 5.56 Å². The molecule has 1 aliphatic carbocycles. The molecule has 1 nitrogen and oxygen atoms in total. The summed E-state index contributed by atoms with van der Waals surface area (Å²) in [6.07, 6.45) is 3.72. The molecule has 15 heavy (non-hydrogen) atoms. The van der Waals surface area contributed by atoms with Crippen LogP contribution in [0.2, 0.25) is 0 Å². The number of aryl methyl sites for hydroxylation is 2. The van der Waals surface area contributed by atoms with Crippen LogP contribution in [-0.4, -0.2) is 13.2 Å². The van der Waals surface area contributed by atoms with Gasteiger partial charge in [-0.1, -0.05) is 23.8 Å². The first-order valence-corrected chi connectivity index (χ1v) is 5.95. The SMILES string of the molecule is CCOCC1CCc2cc(C)ccc2C1. The number of hydrogen-bond donors (Lipinski definition) is 0. The zero-order valence-electron chi connectivity index (χ0n) is 9.75. The summed E-state index contributed by atoms with van der Waals surface area (Å²) in [5, 5.41) is 0. The van der Waals surface area contributed by atoms with E-state index in [1.807, 2.05) is 0 Å². The van der Waals surface area contributed by atoms with Crippen molar-refractivity contribution >= 4 is 0 Å². The van der Waals surface area contributed by atoms with Crippen molar-refractivity contribution in [1.29, 1.82) is 0 Å². The summed E-state index contributed by atoms with van der Waals surface area (Å²) in [5.41, 5.74) is 4.48. The molecule has 1 aliphatic rings. The van der Waals surface area contributed by atoms with Crippen molar-refractivity contribution in [3.8, 4) is 0 Å². The van der Waals surface area contributed by atoms with Crippen molar-refractivity contribution in [3.63, 3.8) is 0 Å². The fourth-order valence-corrected chi connectivity index (χ4v) is 2.39. The van der Waals surface area contributed by atoms with Crippen molar-refractivity contribution in [1.82, 2.24) is 0 Å². The Morgan fingerprint density at radius 3 is 3.00 bits per heavy atom. The smallest absolute Gasteiger partial charge is 0.0497 e. The molecule has 1 aromatic carbocycles. The second-order valence-corrected chi connectivity index (χ2v) is 4.54. The summed E-state index contributed by atoms with van der Waals surface area (Å²) >= 11 is 0. The van der Waals surface area contributed by atoms with E-state index in [0.717, 1.165) is 19.1 Å². The molecule has 0 aliphatic heterocycles. The Kier molecular flexibility index (Phi) is 3.42. The minimum atomic E-state index is 0.736. The first kappa shape index (κ1) is 10.7. The van der Waals surface area contributed by atoms with E-state index in [2.05, 4.69) is 32.0 Å². The highest BCUT2D eigenvalue weighted by molar-refractivity contribution is 5.33. The lowest BCUT2D eigenvalue weighted by molar-refractivity contribution is 0.105. The highest BCUT2D eigenvalue weighted by atomic mass is 16.5. The summed E-state index contributed by atoms with van der Waals surface area (Å²) in [5.74, 6) is 0.736. The molecule has 1 unspecified atom stereocenters. The molecular weight excluding hydrogens is 184 g/mol. The third-order valence-corrected chi connectivity index (χ3v) is 3.25. The van der Waals surface area contributed by atoms with Gasteiger partial charge >= 0.3 is 0 Å². The zero-order valence-corrected chi connectivity index (χ0v) is 9.75. The van der Waals surface area contributed by atoms with Crippen LogP contribution in [0.3, 0.4) is 0 Å². The Hall–Kier alpha value is -0.820. The molecule has 0 spiro atoms. The van der Waals surface area contributed by atoms with Gasteiger partial charge in [-0.3, -0.25) is 0 Å². The normalized spacial score (nSPS) is 20.0. The van der Waals surface area contributed by atoms with Crippen LogP contribution in [0.1, 0.15) is 30.0 Å². The first-order valence-electron chi connectivity index (χ1n) is 5.95. The third-order valence-electron chi connectivity index (χ3n) is 3.25. The molecule has 0 amide bonds. The highest BCUT2D eigenvalue weighted by Crippen LogP contribution is 2.26. The van der Waals surface area contributed by atoms with E-state index in [-0.39, 0.29) is 0 Å². The Labute approximate surface area is 92.5 Å². The largest absolute Gasteiger partial charge is 0.381 e. The van der Waals surface area contributed by atoms with Crippen molar-refractivity contribution in [2.45, 2.75) is 33.1 Å². The van der Waals surface area contributed by atoms with Gasteiger partial charge in [0.15, 0.2) is 0 Å². The second kappa shape index (κ2) is 4.80. The van der Waals surface area contributed by atoms with Crippen molar-refractivity contribution in [3.05, 3.63) is 34.9 Å². The fourth-order valence-electron chi connectivity index (χ4n) is 2.39. The molecule has 0 fully saturated rings. The standard InChI is InChI=1S/C14H20O/c1-3-15-10-12-5-7-13-8-11(2)4-6-14(13)9-12/h4,6,8,12H,3,5,7,9-10H2,1-2H3. The van der Waals surface area contributed by atoms with Crippen LogP contribution in [-0.2, 0) is 17.6 Å². The van der Waals surface area contributed by atoms with Gasteiger partial charge in [0.25, 0.3) is 0 Å². The summed E-state index contributed by atoms with van der Waals surface area (Å²) in [4.78, 5) is 0. The maximum Gasteiger partial charge on any atom is 0.0497 e. The van der Waals surface area contributed by atoms with Crippen LogP contribution in [0.4, 0.5) is 0 Å². The fraction of sp³-hybridized carbons (Fsp3) is 0.571. The Morgan fingerprint density at radius 2 is 2.20 bits per heavy atom. The van der Waals surface area contributed by atoms with E-state index >= 15 is 0 Å². The average Bonchev–Trinajstić information content (AvgIpc) is 2.26. The van der Waals surface area contributed by atoms with Gasteiger partial charge in [-0.05, 0) is 50.2 Å². The predicted octanol–water partition coefficient (Wildman–Crippen LogP) is 3.14. The summed E-state index contributed by atoms with van der Waals surface area (Å²) in [7, 11) is 0. The predicted molar refractivity (Wildman–Crippen MR) is 63.2 cm³/mol. The maximum absolute atomic E-state index is 5.51. The topological polar surface area (TPSA) is 9.23 Å². The van der Waals surface area contributed by atoms with E-state index in [4.69, 9.17) is 4.74 Å². The Morgan fingerprint density at radius 1 is 1.33 bits per heavy atom. The van der Waals surface area contributed by atoms with Gasteiger partial charge < -0.3 is 4.74 Å². The Balaban J connectivity index is 2.03. The molecule has 82 valence electrons. The summed E-state index contributed by atoms with van der Waals surface area (Å²) in [6.45, 7) is 6.02. The molecule has 0 bridgehead atoms. The molecule has 0 saturated carbocycles. The van der Waals surface area contributed by atoms with Crippen LogP contribution in [0.25, 0.3) is 0 Å². The summed E-state index contributed by atoms with van der Waals surface area (Å²) in [6, 6.07) is 6.86. The number of ether oxygens (including phenoxy) is 1. The van der Waals surface area contributed by atoms with Gasteiger partial charge in [0.2, 0.25) is 0 Å². The minimum Gasteiger partial charge on any atom is -0.381 e. The molecule has 0 aromatic heterocycles. The van der Waals surface area contributed by atoms with E-state index < -0.39 is 0 Å². The maximum atomic E-state index is 5.51.